The SMILES string of the molecule is CCCCCC(=O)N[C@H](CSSC[C@@H](N)C(=O)O)C(=O)O. The third-order valence-corrected chi connectivity index (χ3v) is 4.97. The van der Waals surface area contributed by atoms with Crippen molar-refractivity contribution >= 4 is 39.4 Å². The van der Waals surface area contributed by atoms with Crippen LogP contribution in [0.3, 0.4) is 0 Å². The molecule has 7 nitrogen and oxygen atoms in total. The lowest BCUT2D eigenvalue weighted by atomic mass is 10.2. The van der Waals surface area contributed by atoms with E-state index in [1.807, 2.05) is 6.92 Å². The Kier molecular flexibility index (Phi) is 11.2. The van der Waals surface area contributed by atoms with E-state index in [-0.39, 0.29) is 17.4 Å². The van der Waals surface area contributed by atoms with Crippen molar-refractivity contribution in [2.75, 3.05) is 11.5 Å². The molecule has 21 heavy (non-hydrogen) atoms. The molecular formula is C12H22N2O5S2. The van der Waals surface area contributed by atoms with Gasteiger partial charge in [0.15, 0.2) is 0 Å². The van der Waals surface area contributed by atoms with E-state index in [0.717, 1.165) is 19.3 Å². The number of nitrogens with two attached hydrogens (primary N) is 1. The highest BCUT2D eigenvalue weighted by Gasteiger charge is 2.20. The minimum atomic E-state index is -1.10. The fraction of sp³-hybridized carbons (Fsp3) is 0.750. The highest BCUT2D eigenvalue weighted by atomic mass is 33.1. The maximum atomic E-state index is 11.6. The van der Waals surface area contributed by atoms with E-state index in [0.29, 0.717) is 6.42 Å². The average molecular weight is 338 g/mol. The Morgan fingerprint density at radius 1 is 1.10 bits per heavy atom. The minimum absolute atomic E-state index is 0.159. The van der Waals surface area contributed by atoms with Crippen molar-refractivity contribution in [3.63, 3.8) is 0 Å². The second-order valence-corrected chi connectivity index (χ2v) is 6.98. The van der Waals surface area contributed by atoms with E-state index in [1.54, 1.807) is 0 Å². The normalized spacial score (nSPS) is 13.4. The van der Waals surface area contributed by atoms with E-state index in [9.17, 15) is 14.4 Å². The van der Waals surface area contributed by atoms with E-state index < -0.39 is 24.0 Å². The molecule has 5 N–H and O–H groups in total. The Morgan fingerprint density at radius 3 is 2.24 bits per heavy atom. The minimum Gasteiger partial charge on any atom is -0.480 e. The van der Waals surface area contributed by atoms with Crippen molar-refractivity contribution in [1.29, 1.82) is 0 Å². The molecule has 0 unspecified atom stereocenters. The van der Waals surface area contributed by atoms with Crippen LogP contribution < -0.4 is 11.1 Å². The van der Waals surface area contributed by atoms with Crippen molar-refractivity contribution < 1.29 is 24.6 Å². The predicted molar refractivity (Wildman–Crippen MR) is 84.2 cm³/mol. The van der Waals surface area contributed by atoms with Crippen molar-refractivity contribution in [1.82, 2.24) is 5.32 Å². The number of amides is 1. The van der Waals surface area contributed by atoms with Gasteiger partial charge in [0, 0.05) is 17.9 Å². The Balaban J connectivity index is 4.00. The highest BCUT2D eigenvalue weighted by Crippen LogP contribution is 2.22. The van der Waals surface area contributed by atoms with Crippen LogP contribution in [0.5, 0.6) is 0 Å². The molecule has 0 saturated carbocycles. The Hall–Kier alpha value is -0.930. The summed E-state index contributed by atoms with van der Waals surface area (Å²) in [5.41, 5.74) is 5.32. The van der Waals surface area contributed by atoms with Gasteiger partial charge >= 0.3 is 11.9 Å². The summed E-state index contributed by atoms with van der Waals surface area (Å²) in [5.74, 6) is -2.14. The zero-order chi connectivity index (χ0) is 16.3. The molecule has 122 valence electrons. The number of carboxylic acids is 2. The number of nitrogens with one attached hydrogen (secondary N) is 1. The van der Waals surface area contributed by atoms with Crippen molar-refractivity contribution in [2.24, 2.45) is 5.73 Å². The van der Waals surface area contributed by atoms with Crippen LogP contribution in [0.2, 0.25) is 0 Å². The van der Waals surface area contributed by atoms with Crippen LogP contribution in [0.15, 0.2) is 0 Å². The van der Waals surface area contributed by atoms with E-state index in [2.05, 4.69) is 5.32 Å². The summed E-state index contributed by atoms with van der Waals surface area (Å²) in [4.78, 5) is 33.1. The molecular weight excluding hydrogens is 316 g/mol. The largest absolute Gasteiger partial charge is 0.480 e. The third-order valence-electron chi connectivity index (χ3n) is 2.52. The summed E-state index contributed by atoms with van der Waals surface area (Å²) in [6.07, 6.45) is 2.98. The number of hydrogen-bond acceptors (Lipinski definition) is 6. The van der Waals surface area contributed by atoms with Crippen molar-refractivity contribution in [2.45, 2.75) is 44.7 Å². The van der Waals surface area contributed by atoms with Gasteiger partial charge in [-0.1, -0.05) is 41.4 Å². The first kappa shape index (κ1) is 20.1. The summed E-state index contributed by atoms with van der Waals surface area (Å²) in [5, 5.41) is 20.1. The summed E-state index contributed by atoms with van der Waals surface area (Å²) in [6, 6.07) is -1.95. The van der Waals surface area contributed by atoms with E-state index in [4.69, 9.17) is 15.9 Å². The number of rotatable bonds is 12. The van der Waals surface area contributed by atoms with Crippen LogP contribution in [0.25, 0.3) is 0 Å². The number of hydrogen-bond donors (Lipinski definition) is 4. The van der Waals surface area contributed by atoms with Gasteiger partial charge in [-0.15, -0.1) is 0 Å². The second kappa shape index (κ2) is 11.7. The molecule has 0 fully saturated rings. The predicted octanol–water partition coefficient (Wildman–Crippen LogP) is 0.929. The van der Waals surface area contributed by atoms with Crippen molar-refractivity contribution in [3.8, 4) is 0 Å². The fourth-order valence-corrected chi connectivity index (χ4v) is 3.55. The molecule has 0 aliphatic heterocycles. The molecule has 0 aromatic rings. The fourth-order valence-electron chi connectivity index (χ4n) is 1.29. The molecule has 0 bridgehead atoms. The molecule has 0 aliphatic carbocycles. The van der Waals surface area contributed by atoms with Crippen LogP contribution in [-0.2, 0) is 14.4 Å². The molecule has 1 amide bonds. The first-order valence-electron chi connectivity index (χ1n) is 6.63. The van der Waals surface area contributed by atoms with E-state index >= 15 is 0 Å². The molecule has 2 atom stereocenters. The van der Waals surface area contributed by atoms with Gasteiger partial charge in [-0.3, -0.25) is 9.59 Å². The first-order chi connectivity index (χ1) is 9.88. The number of carbonyl (C=O) groups is 3. The molecule has 0 rings (SSSR count). The second-order valence-electron chi connectivity index (χ2n) is 4.43. The topological polar surface area (TPSA) is 130 Å². The molecule has 0 spiro atoms. The van der Waals surface area contributed by atoms with Crippen LogP contribution in [0, 0.1) is 0 Å². The molecule has 0 radical (unpaired) electrons. The smallest absolute Gasteiger partial charge is 0.327 e. The molecule has 0 aromatic heterocycles. The lowest BCUT2D eigenvalue weighted by molar-refractivity contribution is -0.141. The maximum absolute atomic E-state index is 11.6. The van der Waals surface area contributed by atoms with Gasteiger partial charge in [-0.2, -0.15) is 0 Å². The van der Waals surface area contributed by atoms with Gasteiger partial charge in [0.25, 0.3) is 0 Å². The maximum Gasteiger partial charge on any atom is 0.327 e. The Bertz CT molecular complexity index is 355. The highest BCUT2D eigenvalue weighted by molar-refractivity contribution is 8.76. The van der Waals surface area contributed by atoms with E-state index in [1.165, 1.54) is 21.6 Å². The van der Waals surface area contributed by atoms with Crippen molar-refractivity contribution in [3.05, 3.63) is 0 Å². The molecule has 0 saturated heterocycles. The zero-order valence-corrected chi connectivity index (χ0v) is 13.5. The number of aliphatic carboxylic acids is 2. The number of unbranched alkanes of at least 4 members (excludes halogenated alkanes) is 2. The van der Waals surface area contributed by atoms with Gasteiger partial charge in [0.05, 0.1) is 0 Å². The van der Waals surface area contributed by atoms with Crippen LogP contribution >= 0.6 is 21.6 Å². The lowest BCUT2D eigenvalue weighted by Crippen LogP contribution is -2.42. The van der Waals surface area contributed by atoms with Crippen LogP contribution in [0.4, 0.5) is 0 Å². The van der Waals surface area contributed by atoms with Gasteiger partial charge in [-0.05, 0) is 6.42 Å². The summed E-state index contributed by atoms with van der Waals surface area (Å²) >= 11 is 0. The molecule has 0 aromatic carbocycles. The molecule has 0 aliphatic rings. The summed E-state index contributed by atoms with van der Waals surface area (Å²) < 4.78 is 0. The monoisotopic (exact) mass is 338 g/mol. The summed E-state index contributed by atoms with van der Waals surface area (Å²) in [6.45, 7) is 2.02. The third kappa shape index (κ3) is 10.4. The number of carboxylic acid groups (broad SMARTS) is 2. The zero-order valence-electron chi connectivity index (χ0n) is 11.9. The lowest BCUT2D eigenvalue weighted by Gasteiger charge is -2.14. The average Bonchev–Trinajstić information content (AvgIpc) is 2.41. The van der Waals surface area contributed by atoms with Gasteiger partial charge in [0.1, 0.15) is 12.1 Å². The van der Waals surface area contributed by atoms with Crippen LogP contribution in [-0.4, -0.2) is 51.6 Å². The molecule has 9 heteroatoms. The van der Waals surface area contributed by atoms with Gasteiger partial charge < -0.3 is 21.3 Å². The quantitative estimate of drug-likeness (QED) is 0.305. The Labute approximate surface area is 131 Å². The Morgan fingerprint density at radius 2 is 1.71 bits per heavy atom. The first-order valence-corrected chi connectivity index (χ1v) is 9.12. The van der Waals surface area contributed by atoms with Crippen LogP contribution in [0.1, 0.15) is 32.6 Å². The standard InChI is InChI=1S/C12H22N2O5S2/c1-2-3-4-5-10(15)14-9(12(18)19)7-21-20-6-8(13)11(16)17/h8-9H,2-7,13H2,1H3,(H,14,15)(H,16,17)(H,18,19)/t8-,9-/m1/s1. The van der Waals surface area contributed by atoms with Gasteiger partial charge in [0.2, 0.25) is 5.91 Å². The van der Waals surface area contributed by atoms with Gasteiger partial charge in [-0.25, -0.2) is 4.79 Å². The molecule has 0 heterocycles. The number of carbonyl (C=O) groups excluding carboxylic acids is 1. The summed E-state index contributed by atoms with van der Waals surface area (Å²) in [7, 11) is 2.36.